The van der Waals surface area contributed by atoms with Gasteiger partial charge in [-0.2, -0.15) is 5.26 Å². The molecule has 0 amide bonds. The second kappa shape index (κ2) is 7.49. The first-order valence-electron chi connectivity index (χ1n) is 6.05. The second-order valence-electron chi connectivity index (χ2n) is 3.98. The van der Waals surface area contributed by atoms with Gasteiger partial charge in [0.1, 0.15) is 17.2 Å². The minimum Gasteiger partial charge on any atom is -0.496 e. The van der Waals surface area contributed by atoms with E-state index in [1.165, 1.54) is 0 Å². The van der Waals surface area contributed by atoms with Gasteiger partial charge < -0.3 is 19.5 Å². The zero-order valence-corrected chi connectivity index (χ0v) is 11.8. The Hall–Kier alpha value is -1.93. The highest BCUT2D eigenvalue weighted by molar-refractivity contribution is 5.52. The zero-order chi connectivity index (χ0) is 14.3. The average molecular weight is 264 g/mol. The molecule has 19 heavy (non-hydrogen) atoms. The highest BCUT2D eigenvalue weighted by Crippen LogP contribution is 2.39. The van der Waals surface area contributed by atoms with Crippen molar-refractivity contribution in [2.24, 2.45) is 0 Å². The van der Waals surface area contributed by atoms with Crippen molar-refractivity contribution < 1.29 is 14.2 Å². The highest BCUT2D eigenvalue weighted by atomic mass is 16.5. The maximum Gasteiger partial charge on any atom is 0.131 e. The van der Waals surface area contributed by atoms with Gasteiger partial charge in [0.25, 0.3) is 0 Å². The van der Waals surface area contributed by atoms with E-state index in [9.17, 15) is 0 Å². The predicted octanol–water partition coefficient (Wildman–Crippen LogP) is 2.28. The lowest BCUT2D eigenvalue weighted by Crippen LogP contribution is -2.18. The van der Waals surface area contributed by atoms with Crippen molar-refractivity contribution in [3.05, 3.63) is 17.7 Å². The SMILES string of the molecule is CNC(CCC#N)c1c(OC)cc(OC)cc1OC. The minimum atomic E-state index is -0.00421. The summed E-state index contributed by atoms with van der Waals surface area (Å²) in [6.45, 7) is 0. The van der Waals surface area contributed by atoms with Gasteiger partial charge in [-0.05, 0) is 13.5 Å². The van der Waals surface area contributed by atoms with Crippen molar-refractivity contribution in [3.63, 3.8) is 0 Å². The highest BCUT2D eigenvalue weighted by Gasteiger charge is 2.21. The van der Waals surface area contributed by atoms with E-state index in [4.69, 9.17) is 19.5 Å². The Kier molecular flexibility index (Phi) is 5.97. The van der Waals surface area contributed by atoms with Crippen LogP contribution in [0.1, 0.15) is 24.4 Å². The maximum absolute atomic E-state index is 8.73. The van der Waals surface area contributed by atoms with E-state index in [1.54, 1.807) is 21.3 Å². The second-order valence-corrected chi connectivity index (χ2v) is 3.98. The van der Waals surface area contributed by atoms with Crippen LogP contribution in [0.4, 0.5) is 0 Å². The van der Waals surface area contributed by atoms with Crippen LogP contribution < -0.4 is 19.5 Å². The first-order valence-corrected chi connectivity index (χ1v) is 6.05. The molecule has 0 aliphatic rings. The number of hydrogen-bond donors (Lipinski definition) is 1. The molecule has 0 aliphatic heterocycles. The van der Waals surface area contributed by atoms with Gasteiger partial charge in [-0.15, -0.1) is 0 Å². The molecule has 1 atom stereocenters. The van der Waals surface area contributed by atoms with Crippen LogP contribution in [0.15, 0.2) is 12.1 Å². The summed E-state index contributed by atoms with van der Waals surface area (Å²) in [6, 6.07) is 5.78. The molecule has 0 radical (unpaired) electrons. The van der Waals surface area contributed by atoms with Crippen molar-refractivity contribution in [2.45, 2.75) is 18.9 Å². The molecule has 0 aromatic heterocycles. The average Bonchev–Trinajstić information content (AvgIpc) is 2.47. The van der Waals surface area contributed by atoms with Crippen LogP contribution in [0.3, 0.4) is 0 Å². The van der Waals surface area contributed by atoms with Crippen LogP contribution in [0, 0.1) is 11.3 Å². The molecular weight excluding hydrogens is 244 g/mol. The van der Waals surface area contributed by atoms with Crippen LogP contribution in [0.2, 0.25) is 0 Å². The number of methoxy groups -OCH3 is 3. The number of hydrogen-bond acceptors (Lipinski definition) is 5. The van der Waals surface area contributed by atoms with E-state index in [-0.39, 0.29) is 6.04 Å². The summed E-state index contributed by atoms with van der Waals surface area (Å²) in [5, 5.41) is 11.9. The molecule has 1 N–H and O–H groups in total. The third kappa shape index (κ3) is 3.52. The molecule has 0 heterocycles. The topological polar surface area (TPSA) is 63.5 Å². The van der Waals surface area contributed by atoms with E-state index >= 15 is 0 Å². The number of nitrogens with one attached hydrogen (secondary N) is 1. The van der Waals surface area contributed by atoms with E-state index < -0.39 is 0 Å². The summed E-state index contributed by atoms with van der Waals surface area (Å²) in [7, 11) is 6.66. The third-order valence-electron chi connectivity index (χ3n) is 2.99. The van der Waals surface area contributed by atoms with Gasteiger partial charge in [-0.1, -0.05) is 0 Å². The molecule has 5 heteroatoms. The Morgan fingerprint density at radius 2 is 1.74 bits per heavy atom. The molecule has 1 rings (SSSR count). The monoisotopic (exact) mass is 264 g/mol. The third-order valence-corrected chi connectivity index (χ3v) is 2.99. The van der Waals surface area contributed by atoms with Crippen molar-refractivity contribution in [2.75, 3.05) is 28.4 Å². The summed E-state index contributed by atoms with van der Waals surface area (Å²) in [5.41, 5.74) is 0.906. The van der Waals surface area contributed by atoms with Crippen LogP contribution in [0.5, 0.6) is 17.2 Å². The van der Waals surface area contributed by atoms with Gasteiger partial charge in [-0.3, -0.25) is 0 Å². The first kappa shape index (κ1) is 15.1. The molecule has 1 aromatic rings. The lowest BCUT2D eigenvalue weighted by atomic mass is 9.99. The molecule has 0 saturated heterocycles. The first-order chi connectivity index (χ1) is 9.21. The van der Waals surface area contributed by atoms with Gasteiger partial charge in [0.15, 0.2) is 0 Å². The molecule has 1 aromatic carbocycles. The minimum absolute atomic E-state index is 0.00421. The van der Waals surface area contributed by atoms with E-state index in [0.29, 0.717) is 30.1 Å². The summed E-state index contributed by atoms with van der Waals surface area (Å²) in [6.07, 6.45) is 1.15. The van der Waals surface area contributed by atoms with Gasteiger partial charge in [0, 0.05) is 24.6 Å². The fourth-order valence-corrected chi connectivity index (χ4v) is 2.02. The van der Waals surface area contributed by atoms with Crippen LogP contribution in [-0.2, 0) is 0 Å². The summed E-state index contributed by atoms with van der Waals surface area (Å²) in [5.74, 6) is 2.05. The van der Waals surface area contributed by atoms with Gasteiger partial charge in [0.2, 0.25) is 0 Å². The molecular formula is C14H20N2O3. The molecule has 0 fully saturated rings. The number of nitrogens with zero attached hydrogens (tertiary/aromatic N) is 1. The standard InChI is InChI=1S/C14H20N2O3/c1-16-11(6-5-7-15)14-12(18-3)8-10(17-2)9-13(14)19-4/h8-9,11,16H,5-6H2,1-4H3. The van der Waals surface area contributed by atoms with Crippen molar-refractivity contribution in [1.82, 2.24) is 5.32 Å². The fraction of sp³-hybridized carbons (Fsp3) is 0.500. The molecule has 0 spiro atoms. The Balaban J connectivity index is 3.25. The van der Waals surface area contributed by atoms with Gasteiger partial charge in [0.05, 0.1) is 33.0 Å². The van der Waals surface area contributed by atoms with Crippen LogP contribution in [0.25, 0.3) is 0 Å². The molecule has 5 nitrogen and oxygen atoms in total. The van der Waals surface area contributed by atoms with Gasteiger partial charge in [-0.25, -0.2) is 0 Å². The fourth-order valence-electron chi connectivity index (χ4n) is 2.02. The number of nitriles is 1. The Morgan fingerprint density at radius 1 is 1.16 bits per heavy atom. The molecule has 1 unspecified atom stereocenters. The summed E-state index contributed by atoms with van der Waals surface area (Å²) in [4.78, 5) is 0. The van der Waals surface area contributed by atoms with Crippen molar-refractivity contribution in [3.8, 4) is 23.3 Å². The van der Waals surface area contributed by atoms with Crippen molar-refractivity contribution in [1.29, 1.82) is 5.26 Å². The number of benzene rings is 1. The Bertz CT molecular complexity index is 429. The van der Waals surface area contributed by atoms with Crippen molar-refractivity contribution >= 4 is 0 Å². The van der Waals surface area contributed by atoms with E-state index in [2.05, 4.69) is 11.4 Å². The zero-order valence-electron chi connectivity index (χ0n) is 11.8. The smallest absolute Gasteiger partial charge is 0.131 e. The molecule has 0 saturated carbocycles. The lowest BCUT2D eigenvalue weighted by Gasteiger charge is -2.22. The predicted molar refractivity (Wildman–Crippen MR) is 72.7 cm³/mol. The number of ether oxygens (including phenoxy) is 3. The molecule has 0 aliphatic carbocycles. The van der Waals surface area contributed by atoms with E-state index in [0.717, 1.165) is 5.56 Å². The normalized spacial score (nSPS) is 11.5. The quantitative estimate of drug-likeness (QED) is 0.818. The summed E-state index contributed by atoms with van der Waals surface area (Å²) >= 11 is 0. The Morgan fingerprint density at radius 3 is 2.11 bits per heavy atom. The summed E-state index contributed by atoms with van der Waals surface area (Å²) < 4.78 is 16.0. The van der Waals surface area contributed by atoms with Crippen LogP contribution >= 0.6 is 0 Å². The van der Waals surface area contributed by atoms with Gasteiger partial charge >= 0.3 is 0 Å². The van der Waals surface area contributed by atoms with Crippen LogP contribution in [-0.4, -0.2) is 28.4 Å². The molecule has 0 bridgehead atoms. The largest absolute Gasteiger partial charge is 0.496 e. The number of rotatable bonds is 7. The maximum atomic E-state index is 8.73. The Labute approximate surface area is 114 Å². The molecule has 104 valence electrons. The lowest BCUT2D eigenvalue weighted by molar-refractivity contribution is 0.357. The van der Waals surface area contributed by atoms with E-state index in [1.807, 2.05) is 19.2 Å².